The van der Waals surface area contributed by atoms with Crippen molar-refractivity contribution in [3.8, 4) is 5.75 Å². The summed E-state index contributed by atoms with van der Waals surface area (Å²) in [6.45, 7) is 4.23. The van der Waals surface area contributed by atoms with Gasteiger partial charge in [-0.05, 0) is 24.5 Å². The number of sulfonamides is 1. The summed E-state index contributed by atoms with van der Waals surface area (Å²) < 4.78 is 45.2. The van der Waals surface area contributed by atoms with Gasteiger partial charge in [0.05, 0.1) is 6.04 Å². The van der Waals surface area contributed by atoms with Crippen LogP contribution in [0.5, 0.6) is 5.75 Å². The van der Waals surface area contributed by atoms with Crippen molar-refractivity contribution in [2.24, 2.45) is 5.92 Å². The molecule has 100 valence electrons. The van der Waals surface area contributed by atoms with Crippen LogP contribution in [0.1, 0.15) is 20.3 Å². The fourth-order valence-corrected chi connectivity index (χ4v) is 3.37. The summed E-state index contributed by atoms with van der Waals surface area (Å²) >= 11 is 0. The first-order chi connectivity index (χ1) is 8.38. The third-order valence-electron chi connectivity index (χ3n) is 2.71. The van der Waals surface area contributed by atoms with E-state index in [0.29, 0.717) is 12.3 Å². The van der Waals surface area contributed by atoms with Gasteiger partial charge in [0.25, 0.3) is 0 Å². The summed E-state index contributed by atoms with van der Waals surface area (Å²) in [5.74, 6) is -0.0840. The minimum atomic E-state index is -3.63. The highest BCUT2D eigenvalue weighted by atomic mass is 32.2. The SMILES string of the molecule is CC(C)C[C@H]1COc2cc(F)ccc2S(=O)(=O)N1. The monoisotopic (exact) mass is 273 g/mol. The average molecular weight is 273 g/mol. The van der Waals surface area contributed by atoms with E-state index in [1.54, 1.807) is 0 Å². The van der Waals surface area contributed by atoms with Crippen LogP contribution >= 0.6 is 0 Å². The smallest absolute Gasteiger partial charge is 0.244 e. The van der Waals surface area contributed by atoms with Gasteiger partial charge in [0.15, 0.2) is 0 Å². The lowest BCUT2D eigenvalue weighted by atomic mass is 10.1. The first-order valence-corrected chi connectivity index (χ1v) is 7.31. The molecule has 0 saturated heterocycles. The summed E-state index contributed by atoms with van der Waals surface area (Å²) in [4.78, 5) is -0.00449. The Balaban J connectivity index is 2.35. The maximum Gasteiger partial charge on any atom is 0.244 e. The second-order valence-electron chi connectivity index (χ2n) is 4.85. The van der Waals surface area contributed by atoms with Crippen LogP contribution in [0.15, 0.2) is 23.1 Å². The van der Waals surface area contributed by atoms with Gasteiger partial charge >= 0.3 is 0 Å². The zero-order valence-electron chi connectivity index (χ0n) is 10.3. The maximum absolute atomic E-state index is 13.1. The molecule has 1 aromatic rings. The second kappa shape index (κ2) is 4.85. The minimum Gasteiger partial charge on any atom is -0.490 e. The molecule has 0 aliphatic carbocycles. The van der Waals surface area contributed by atoms with Gasteiger partial charge < -0.3 is 4.74 Å². The Morgan fingerprint density at radius 3 is 2.89 bits per heavy atom. The first-order valence-electron chi connectivity index (χ1n) is 5.83. The molecule has 6 heteroatoms. The van der Waals surface area contributed by atoms with Crippen LogP contribution in [-0.4, -0.2) is 21.1 Å². The highest BCUT2D eigenvalue weighted by Gasteiger charge is 2.28. The van der Waals surface area contributed by atoms with E-state index in [2.05, 4.69) is 4.72 Å². The Morgan fingerprint density at radius 2 is 2.22 bits per heavy atom. The summed E-state index contributed by atoms with van der Waals surface area (Å²) in [6.07, 6.45) is 0.676. The van der Waals surface area contributed by atoms with E-state index in [4.69, 9.17) is 4.74 Å². The lowest BCUT2D eigenvalue weighted by Crippen LogP contribution is -2.37. The highest BCUT2D eigenvalue weighted by molar-refractivity contribution is 7.89. The highest BCUT2D eigenvalue weighted by Crippen LogP contribution is 2.28. The predicted octanol–water partition coefficient (Wildman–Crippen LogP) is 1.91. The molecule has 0 bridgehead atoms. The van der Waals surface area contributed by atoms with Crippen molar-refractivity contribution < 1.29 is 17.5 Å². The summed E-state index contributed by atoms with van der Waals surface area (Å²) in [6, 6.07) is 3.16. The third-order valence-corrected chi connectivity index (χ3v) is 4.27. The molecular formula is C12H16FNO3S. The first kappa shape index (κ1) is 13.3. The van der Waals surface area contributed by atoms with Crippen molar-refractivity contribution in [3.05, 3.63) is 24.0 Å². The summed E-state index contributed by atoms with van der Waals surface area (Å²) in [5.41, 5.74) is 0. The van der Waals surface area contributed by atoms with E-state index in [9.17, 15) is 12.8 Å². The van der Waals surface area contributed by atoms with E-state index < -0.39 is 15.8 Å². The molecule has 1 N–H and O–H groups in total. The fraction of sp³-hybridized carbons (Fsp3) is 0.500. The van der Waals surface area contributed by atoms with Gasteiger partial charge in [-0.15, -0.1) is 0 Å². The number of nitrogens with one attached hydrogen (secondary N) is 1. The number of ether oxygens (including phenoxy) is 1. The van der Waals surface area contributed by atoms with E-state index >= 15 is 0 Å². The molecule has 0 aromatic heterocycles. The maximum atomic E-state index is 13.1. The third kappa shape index (κ3) is 2.81. The van der Waals surface area contributed by atoms with Crippen molar-refractivity contribution in [1.29, 1.82) is 0 Å². The number of benzene rings is 1. The van der Waals surface area contributed by atoms with Crippen LogP contribution in [0.3, 0.4) is 0 Å². The normalized spacial score (nSPS) is 22.1. The van der Waals surface area contributed by atoms with E-state index in [0.717, 1.165) is 12.1 Å². The van der Waals surface area contributed by atoms with Crippen LogP contribution in [0.4, 0.5) is 4.39 Å². The topological polar surface area (TPSA) is 55.4 Å². The number of fused-ring (bicyclic) bond motifs is 1. The zero-order valence-corrected chi connectivity index (χ0v) is 11.1. The van der Waals surface area contributed by atoms with Crippen LogP contribution in [0.2, 0.25) is 0 Å². The fourth-order valence-electron chi connectivity index (χ4n) is 2.01. The van der Waals surface area contributed by atoms with Gasteiger partial charge in [0.2, 0.25) is 10.0 Å². The average Bonchev–Trinajstić information content (AvgIpc) is 2.34. The Bertz CT molecular complexity index is 542. The molecular weight excluding hydrogens is 257 g/mol. The molecule has 0 radical (unpaired) electrons. The molecule has 0 amide bonds. The van der Waals surface area contributed by atoms with Gasteiger partial charge in [0, 0.05) is 6.07 Å². The van der Waals surface area contributed by atoms with Crippen molar-refractivity contribution in [2.75, 3.05) is 6.61 Å². The standard InChI is InChI=1S/C12H16FNO3S/c1-8(2)5-10-7-17-11-6-9(13)3-4-12(11)18(15,16)14-10/h3-4,6,8,10,14H,5,7H2,1-2H3/t10-/m0/s1. The van der Waals surface area contributed by atoms with Gasteiger partial charge in [-0.2, -0.15) is 0 Å². The minimum absolute atomic E-state index is 0.00449. The number of rotatable bonds is 2. The Labute approximate surface area is 106 Å². The van der Waals surface area contributed by atoms with Crippen LogP contribution in [-0.2, 0) is 10.0 Å². The Hall–Kier alpha value is -1.14. The molecule has 18 heavy (non-hydrogen) atoms. The molecule has 1 heterocycles. The molecule has 0 fully saturated rings. The van der Waals surface area contributed by atoms with Gasteiger partial charge in [-0.3, -0.25) is 0 Å². The summed E-state index contributed by atoms with van der Waals surface area (Å²) in [5, 5.41) is 0. The predicted molar refractivity (Wildman–Crippen MR) is 65.5 cm³/mol. The Morgan fingerprint density at radius 1 is 1.50 bits per heavy atom. The van der Waals surface area contributed by atoms with Crippen molar-refractivity contribution >= 4 is 10.0 Å². The second-order valence-corrected chi connectivity index (χ2v) is 6.53. The number of hydrogen-bond donors (Lipinski definition) is 1. The van der Waals surface area contributed by atoms with Gasteiger partial charge in [0.1, 0.15) is 23.1 Å². The van der Waals surface area contributed by atoms with Crippen molar-refractivity contribution in [2.45, 2.75) is 31.2 Å². The van der Waals surface area contributed by atoms with E-state index in [1.807, 2.05) is 13.8 Å². The number of hydrogen-bond acceptors (Lipinski definition) is 3. The molecule has 0 unspecified atom stereocenters. The van der Waals surface area contributed by atoms with Gasteiger partial charge in [-0.1, -0.05) is 13.8 Å². The van der Waals surface area contributed by atoms with Crippen molar-refractivity contribution in [3.63, 3.8) is 0 Å². The molecule has 4 nitrogen and oxygen atoms in total. The zero-order chi connectivity index (χ0) is 13.3. The lowest BCUT2D eigenvalue weighted by molar-refractivity contribution is 0.261. The largest absolute Gasteiger partial charge is 0.490 e. The molecule has 0 spiro atoms. The van der Waals surface area contributed by atoms with Gasteiger partial charge in [-0.25, -0.2) is 17.5 Å². The van der Waals surface area contributed by atoms with Crippen LogP contribution < -0.4 is 9.46 Å². The van der Waals surface area contributed by atoms with E-state index in [1.165, 1.54) is 6.07 Å². The van der Waals surface area contributed by atoms with Crippen molar-refractivity contribution in [1.82, 2.24) is 4.72 Å². The van der Waals surface area contributed by atoms with E-state index in [-0.39, 0.29) is 23.3 Å². The number of halogens is 1. The molecule has 1 aliphatic heterocycles. The molecule has 0 saturated carbocycles. The van der Waals surface area contributed by atoms with Crippen LogP contribution in [0, 0.1) is 11.7 Å². The molecule has 1 aliphatic rings. The summed E-state index contributed by atoms with van der Waals surface area (Å²) in [7, 11) is -3.63. The molecule has 1 atom stereocenters. The molecule has 2 rings (SSSR count). The molecule has 1 aromatic carbocycles. The quantitative estimate of drug-likeness (QED) is 0.895. The van der Waals surface area contributed by atoms with Crippen LogP contribution in [0.25, 0.3) is 0 Å². The lowest BCUT2D eigenvalue weighted by Gasteiger charge is -2.16. The Kier molecular flexibility index (Phi) is 3.59.